The van der Waals surface area contributed by atoms with Crippen molar-refractivity contribution in [3.8, 4) is 0 Å². The first-order valence-corrected chi connectivity index (χ1v) is 4.69. The zero-order chi connectivity index (χ0) is 14.1. The largest absolute Gasteiger partial charge is 0.426 e. The first-order valence-electron chi connectivity index (χ1n) is 4.69. The molecule has 0 atom stereocenters. The minimum Gasteiger partial charge on any atom is -0.373 e. The van der Waals surface area contributed by atoms with Crippen LogP contribution in [0.4, 0.5) is 26.3 Å². The molecule has 0 heterocycles. The van der Waals surface area contributed by atoms with Crippen LogP contribution in [0.2, 0.25) is 0 Å². The number of halogens is 6. The molecule has 102 valence electrons. The highest BCUT2D eigenvalue weighted by Crippen LogP contribution is 2.45. The van der Waals surface area contributed by atoms with E-state index >= 15 is 0 Å². The van der Waals surface area contributed by atoms with Crippen LogP contribution in [0.15, 0.2) is 0 Å². The van der Waals surface area contributed by atoms with Gasteiger partial charge in [0.05, 0.1) is 6.42 Å². The summed E-state index contributed by atoms with van der Waals surface area (Å²) in [6.07, 6.45) is -14.3. The van der Waals surface area contributed by atoms with Crippen molar-refractivity contribution in [1.82, 2.24) is 0 Å². The molecule has 0 aliphatic heterocycles. The van der Waals surface area contributed by atoms with Gasteiger partial charge in [-0.2, -0.15) is 26.3 Å². The van der Waals surface area contributed by atoms with Crippen molar-refractivity contribution in [2.75, 3.05) is 0 Å². The second-order valence-electron chi connectivity index (χ2n) is 4.17. The summed E-state index contributed by atoms with van der Waals surface area (Å²) in [6, 6.07) is 0. The number of carbonyl (C=O) groups is 1. The summed E-state index contributed by atoms with van der Waals surface area (Å²) in [7, 11) is 0. The molecular formula is C9H12F6O2. The molecule has 0 aliphatic carbocycles. The summed E-state index contributed by atoms with van der Waals surface area (Å²) in [5.74, 6) is -1.66. The Morgan fingerprint density at radius 1 is 1.06 bits per heavy atom. The summed E-state index contributed by atoms with van der Waals surface area (Å²) < 4.78 is 73.1. The van der Waals surface area contributed by atoms with E-state index in [9.17, 15) is 31.1 Å². The third kappa shape index (κ3) is 3.86. The van der Waals surface area contributed by atoms with E-state index in [0.29, 0.717) is 0 Å². The third-order valence-corrected chi connectivity index (χ3v) is 2.03. The first kappa shape index (κ1) is 16.2. The van der Waals surface area contributed by atoms with Crippen LogP contribution in [-0.4, -0.2) is 28.8 Å². The molecule has 8 heteroatoms. The van der Waals surface area contributed by atoms with Gasteiger partial charge in [0, 0.05) is 6.42 Å². The van der Waals surface area contributed by atoms with E-state index in [1.807, 2.05) is 0 Å². The van der Waals surface area contributed by atoms with Crippen molar-refractivity contribution in [3.63, 3.8) is 0 Å². The maximum Gasteiger partial charge on any atom is 0.426 e. The Morgan fingerprint density at radius 2 is 1.41 bits per heavy atom. The Balaban J connectivity index is 5.06. The molecule has 0 unspecified atom stereocenters. The van der Waals surface area contributed by atoms with Crippen molar-refractivity contribution in [2.24, 2.45) is 5.92 Å². The Morgan fingerprint density at radius 3 is 1.65 bits per heavy atom. The highest BCUT2D eigenvalue weighted by molar-refractivity contribution is 5.79. The summed E-state index contributed by atoms with van der Waals surface area (Å²) in [6.45, 7) is 2.94. The summed E-state index contributed by atoms with van der Waals surface area (Å²) in [5, 5.41) is 8.70. The van der Waals surface area contributed by atoms with Crippen molar-refractivity contribution < 1.29 is 36.2 Å². The number of hydrogen-bond donors (Lipinski definition) is 1. The number of alkyl halides is 6. The van der Waals surface area contributed by atoms with E-state index in [2.05, 4.69) is 0 Å². The number of ketones is 1. The Bertz CT molecular complexity index is 264. The van der Waals surface area contributed by atoms with E-state index in [1.165, 1.54) is 13.8 Å². The minimum atomic E-state index is -5.93. The van der Waals surface area contributed by atoms with Gasteiger partial charge in [-0.05, 0) is 5.92 Å². The summed E-state index contributed by atoms with van der Waals surface area (Å²) in [4.78, 5) is 11.0. The molecule has 1 N–H and O–H groups in total. The van der Waals surface area contributed by atoms with Gasteiger partial charge in [-0.15, -0.1) is 0 Å². The number of Topliss-reactive ketones (excluding diaryl/α,β-unsaturated/α-hetero) is 1. The summed E-state index contributed by atoms with van der Waals surface area (Å²) >= 11 is 0. The van der Waals surface area contributed by atoms with Crippen molar-refractivity contribution >= 4 is 5.78 Å². The van der Waals surface area contributed by atoms with E-state index in [0.717, 1.165) is 0 Å². The molecule has 0 fully saturated rings. The lowest BCUT2D eigenvalue weighted by Gasteiger charge is -2.31. The average molecular weight is 266 g/mol. The highest BCUT2D eigenvalue weighted by Gasteiger charge is 2.70. The lowest BCUT2D eigenvalue weighted by atomic mass is 9.92. The lowest BCUT2D eigenvalue weighted by Crippen LogP contribution is -2.57. The van der Waals surface area contributed by atoms with E-state index < -0.39 is 36.6 Å². The standard InChI is InChI=1S/C9H12F6O2/c1-5(2)3-6(16)4-7(17,8(10,11)12)9(13,14)15/h5,17H,3-4H2,1-2H3. The molecule has 0 saturated heterocycles. The SMILES string of the molecule is CC(C)CC(=O)CC(O)(C(F)(F)F)C(F)(F)F. The van der Waals surface area contributed by atoms with Gasteiger partial charge >= 0.3 is 12.4 Å². The fourth-order valence-electron chi connectivity index (χ4n) is 1.17. The van der Waals surface area contributed by atoms with Gasteiger partial charge in [-0.25, -0.2) is 0 Å². The van der Waals surface area contributed by atoms with Crippen LogP contribution in [0.1, 0.15) is 26.7 Å². The number of rotatable bonds is 4. The average Bonchev–Trinajstić information content (AvgIpc) is 1.97. The number of aliphatic hydroxyl groups is 1. The van der Waals surface area contributed by atoms with Gasteiger partial charge < -0.3 is 5.11 Å². The Hall–Kier alpha value is -0.790. The normalized spacial score (nSPS) is 14.2. The van der Waals surface area contributed by atoms with Gasteiger partial charge in [0.1, 0.15) is 5.78 Å². The molecule has 0 bridgehead atoms. The summed E-state index contributed by atoms with van der Waals surface area (Å²) in [5.41, 5.74) is -4.97. The second kappa shape index (κ2) is 4.83. The van der Waals surface area contributed by atoms with Gasteiger partial charge in [0.2, 0.25) is 0 Å². The van der Waals surface area contributed by atoms with Crippen LogP contribution in [0.5, 0.6) is 0 Å². The molecule has 0 aromatic carbocycles. The molecule has 0 rings (SSSR count). The Kier molecular flexibility index (Phi) is 4.61. The van der Waals surface area contributed by atoms with E-state index in [1.54, 1.807) is 0 Å². The third-order valence-electron chi connectivity index (χ3n) is 2.03. The maximum atomic E-state index is 12.2. The van der Waals surface area contributed by atoms with Crippen molar-refractivity contribution in [3.05, 3.63) is 0 Å². The topological polar surface area (TPSA) is 37.3 Å². The van der Waals surface area contributed by atoms with Gasteiger partial charge in [0.15, 0.2) is 0 Å². The van der Waals surface area contributed by atoms with E-state index in [-0.39, 0.29) is 5.92 Å². The maximum absolute atomic E-state index is 12.2. The molecule has 0 spiro atoms. The predicted octanol–water partition coefficient (Wildman–Crippen LogP) is 2.85. The van der Waals surface area contributed by atoms with Gasteiger partial charge in [0.25, 0.3) is 5.60 Å². The smallest absolute Gasteiger partial charge is 0.373 e. The monoisotopic (exact) mass is 266 g/mol. The zero-order valence-electron chi connectivity index (χ0n) is 9.11. The van der Waals surface area contributed by atoms with Crippen molar-refractivity contribution in [2.45, 2.75) is 44.6 Å². The molecule has 0 aliphatic rings. The Labute approximate surface area is 93.6 Å². The molecule has 0 amide bonds. The zero-order valence-corrected chi connectivity index (χ0v) is 9.11. The second-order valence-corrected chi connectivity index (χ2v) is 4.17. The fourth-order valence-corrected chi connectivity index (χ4v) is 1.17. The van der Waals surface area contributed by atoms with Crippen LogP contribution in [-0.2, 0) is 4.79 Å². The molecular weight excluding hydrogens is 254 g/mol. The van der Waals surface area contributed by atoms with Crippen LogP contribution in [0, 0.1) is 5.92 Å². The van der Waals surface area contributed by atoms with Crippen LogP contribution >= 0.6 is 0 Å². The quantitative estimate of drug-likeness (QED) is 0.794. The molecule has 2 nitrogen and oxygen atoms in total. The van der Waals surface area contributed by atoms with Crippen LogP contribution in [0.3, 0.4) is 0 Å². The number of hydrogen-bond acceptors (Lipinski definition) is 2. The first-order chi connectivity index (χ1) is 7.31. The van der Waals surface area contributed by atoms with E-state index in [4.69, 9.17) is 5.11 Å². The number of carbonyl (C=O) groups excluding carboxylic acids is 1. The fraction of sp³-hybridized carbons (Fsp3) is 0.889. The minimum absolute atomic E-state index is 0.381. The van der Waals surface area contributed by atoms with Gasteiger partial charge in [-0.1, -0.05) is 13.8 Å². The van der Waals surface area contributed by atoms with Gasteiger partial charge in [-0.3, -0.25) is 4.79 Å². The van der Waals surface area contributed by atoms with Crippen molar-refractivity contribution in [1.29, 1.82) is 0 Å². The molecule has 0 saturated carbocycles. The predicted molar refractivity (Wildman–Crippen MR) is 46.1 cm³/mol. The van der Waals surface area contributed by atoms with Crippen LogP contribution in [0.25, 0.3) is 0 Å². The molecule has 0 aromatic rings. The molecule has 0 radical (unpaired) electrons. The van der Waals surface area contributed by atoms with Crippen LogP contribution < -0.4 is 0 Å². The lowest BCUT2D eigenvalue weighted by molar-refractivity contribution is -0.367. The highest BCUT2D eigenvalue weighted by atomic mass is 19.4. The molecule has 0 aromatic heterocycles. The molecule has 17 heavy (non-hydrogen) atoms.